The molecule has 0 aliphatic heterocycles. The molecule has 0 saturated carbocycles. The third-order valence-electron chi connectivity index (χ3n) is 4.29. The van der Waals surface area contributed by atoms with E-state index >= 15 is 0 Å². The molecule has 7 heteroatoms. The van der Waals surface area contributed by atoms with Gasteiger partial charge in [-0.15, -0.1) is 0 Å². The molecule has 31 heavy (non-hydrogen) atoms. The maximum Gasteiger partial charge on any atom is 0.252 e. The summed E-state index contributed by atoms with van der Waals surface area (Å²) in [6.07, 6.45) is 3.19. The van der Waals surface area contributed by atoms with Crippen molar-refractivity contribution in [3.8, 4) is 11.6 Å². The van der Waals surface area contributed by atoms with Crippen LogP contribution in [0.5, 0.6) is 11.6 Å². The molecule has 3 aromatic carbocycles. The molecule has 0 saturated heterocycles. The number of hydrogen-bond donors (Lipinski definition) is 1. The van der Waals surface area contributed by atoms with Crippen LogP contribution in [0.1, 0.15) is 15.9 Å². The van der Waals surface area contributed by atoms with E-state index in [9.17, 15) is 9.18 Å². The Labute approximate surface area is 183 Å². The first-order valence-corrected chi connectivity index (χ1v) is 10.3. The number of amides is 1. The first-order chi connectivity index (χ1) is 15.2. The fourth-order valence-electron chi connectivity index (χ4n) is 2.73. The van der Waals surface area contributed by atoms with Crippen molar-refractivity contribution < 1.29 is 13.9 Å². The number of ether oxygens (including phenoxy) is 1. The zero-order valence-electron chi connectivity index (χ0n) is 16.4. The molecule has 0 spiro atoms. The Bertz CT molecular complexity index is 1150. The second-order valence-corrected chi connectivity index (χ2v) is 7.58. The van der Waals surface area contributed by atoms with Crippen molar-refractivity contribution in [2.24, 2.45) is 0 Å². The minimum Gasteiger partial charge on any atom is -0.437 e. The summed E-state index contributed by atoms with van der Waals surface area (Å²) in [4.78, 5) is 22.0. The summed E-state index contributed by atoms with van der Waals surface area (Å²) in [7, 11) is 0. The Morgan fingerprint density at radius 2 is 1.61 bits per heavy atom. The zero-order valence-corrected chi connectivity index (χ0v) is 17.2. The summed E-state index contributed by atoms with van der Waals surface area (Å²) in [5.74, 6) is 0.408. The highest BCUT2D eigenvalue weighted by atomic mass is 32.2. The van der Waals surface area contributed by atoms with Crippen molar-refractivity contribution in [1.82, 2.24) is 15.3 Å². The van der Waals surface area contributed by atoms with E-state index in [4.69, 9.17) is 4.74 Å². The number of carbonyl (C=O) groups is 1. The van der Waals surface area contributed by atoms with Crippen molar-refractivity contribution in [3.63, 3.8) is 0 Å². The molecular formula is C24H18FN3O2S. The third kappa shape index (κ3) is 5.67. The lowest BCUT2D eigenvalue weighted by atomic mass is 10.2. The van der Waals surface area contributed by atoms with Crippen LogP contribution in [0.2, 0.25) is 0 Å². The molecule has 0 aliphatic rings. The average Bonchev–Trinajstić information content (AvgIpc) is 2.81. The monoisotopic (exact) mass is 431 g/mol. The van der Waals surface area contributed by atoms with Crippen LogP contribution in [0.4, 0.5) is 4.39 Å². The number of benzene rings is 3. The molecule has 0 bridgehead atoms. The number of carbonyl (C=O) groups excluding carboxylic acids is 1. The van der Waals surface area contributed by atoms with Crippen LogP contribution in [-0.4, -0.2) is 15.9 Å². The molecule has 0 radical (unpaired) electrons. The van der Waals surface area contributed by atoms with E-state index in [0.717, 1.165) is 10.5 Å². The molecule has 1 amide bonds. The molecule has 0 atom stereocenters. The quantitative estimate of drug-likeness (QED) is 0.419. The molecule has 5 nitrogen and oxygen atoms in total. The SMILES string of the molecule is O=C(NCc1ccc(F)cc1)c1ccc(Oc2nccnc2Sc2ccccc2)cc1. The van der Waals surface area contributed by atoms with Crippen molar-refractivity contribution >= 4 is 17.7 Å². The normalized spacial score (nSPS) is 10.5. The number of aromatic nitrogens is 2. The van der Waals surface area contributed by atoms with Crippen molar-refractivity contribution in [2.45, 2.75) is 16.5 Å². The van der Waals surface area contributed by atoms with Gasteiger partial charge >= 0.3 is 0 Å². The second kappa shape index (κ2) is 9.86. The Hall–Kier alpha value is -3.71. The summed E-state index contributed by atoms with van der Waals surface area (Å²) >= 11 is 1.46. The first kappa shape index (κ1) is 20.6. The predicted octanol–water partition coefficient (Wildman–Crippen LogP) is 5.49. The molecule has 4 rings (SSSR count). The lowest BCUT2D eigenvalue weighted by Crippen LogP contribution is -2.22. The highest BCUT2D eigenvalue weighted by Crippen LogP contribution is 2.33. The molecule has 1 heterocycles. The highest BCUT2D eigenvalue weighted by molar-refractivity contribution is 7.99. The Balaban J connectivity index is 1.39. The lowest BCUT2D eigenvalue weighted by Gasteiger charge is -2.09. The van der Waals surface area contributed by atoms with E-state index in [1.165, 1.54) is 23.9 Å². The summed E-state index contributed by atoms with van der Waals surface area (Å²) in [6, 6.07) is 22.6. The Morgan fingerprint density at radius 1 is 0.903 bits per heavy atom. The molecule has 154 valence electrons. The lowest BCUT2D eigenvalue weighted by molar-refractivity contribution is 0.0951. The summed E-state index contributed by atoms with van der Waals surface area (Å²) < 4.78 is 18.9. The van der Waals surface area contributed by atoms with Crippen molar-refractivity contribution in [1.29, 1.82) is 0 Å². The van der Waals surface area contributed by atoms with Crippen LogP contribution in [0, 0.1) is 5.82 Å². The van der Waals surface area contributed by atoms with Crippen LogP contribution >= 0.6 is 11.8 Å². The Morgan fingerprint density at radius 3 is 2.35 bits per heavy atom. The highest BCUT2D eigenvalue weighted by Gasteiger charge is 2.11. The smallest absolute Gasteiger partial charge is 0.252 e. The summed E-state index contributed by atoms with van der Waals surface area (Å²) in [5.41, 5.74) is 1.31. The van der Waals surface area contributed by atoms with Crippen LogP contribution in [0.25, 0.3) is 0 Å². The third-order valence-corrected chi connectivity index (χ3v) is 5.27. The van der Waals surface area contributed by atoms with Gasteiger partial charge in [-0.1, -0.05) is 42.1 Å². The molecule has 1 N–H and O–H groups in total. The van der Waals surface area contributed by atoms with Gasteiger partial charge in [0.2, 0.25) is 0 Å². The first-order valence-electron chi connectivity index (χ1n) is 9.52. The fraction of sp³-hybridized carbons (Fsp3) is 0.0417. The molecule has 0 fully saturated rings. The number of hydrogen-bond acceptors (Lipinski definition) is 5. The van der Waals surface area contributed by atoms with Gasteiger partial charge in [-0.2, -0.15) is 0 Å². The molecule has 0 aliphatic carbocycles. The minimum absolute atomic E-state index is 0.226. The molecular weight excluding hydrogens is 413 g/mol. The second-order valence-electron chi connectivity index (χ2n) is 6.52. The molecule has 4 aromatic rings. The van der Waals surface area contributed by atoms with Gasteiger partial charge in [-0.25, -0.2) is 14.4 Å². The topological polar surface area (TPSA) is 64.1 Å². The number of nitrogens with zero attached hydrogens (tertiary/aromatic N) is 2. The van der Waals surface area contributed by atoms with Crippen LogP contribution in [-0.2, 0) is 6.54 Å². The summed E-state index contributed by atoms with van der Waals surface area (Å²) in [6.45, 7) is 0.317. The van der Waals surface area contributed by atoms with Gasteiger partial charge in [0, 0.05) is 29.4 Å². The van der Waals surface area contributed by atoms with E-state index in [-0.39, 0.29) is 11.7 Å². The largest absolute Gasteiger partial charge is 0.437 e. The van der Waals surface area contributed by atoms with Gasteiger partial charge in [-0.3, -0.25) is 4.79 Å². The Kier molecular flexibility index (Phi) is 6.54. The summed E-state index contributed by atoms with van der Waals surface area (Å²) in [5, 5.41) is 3.46. The van der Waals surface area contributed by atoms with Gasteiger partial charge in [0.15, 0.2) is 5.03 Å². The van der Waals surface area contributed by atoms with Crippen LogP contribution < -0.4 is 10.1 Å². The molecule has 0 unspecified atom stereocenters. The van der Waals surface area contributed by atoms with E-state index in [1.54, 1.807) is 48.8 Å². The van der Waals surface area contributed by atoms with Crippen LogP contribution in [0.15, 0.2) is 101 Å². The van der Waals surface area contributed by atoms with Gasteiger partial charge in [0.1, 0.15) is 11.6 Å². The van der Waals surface area contributed by atoms with Gasteiger partial charge < -0.3 is 10.1 Å². The number of nitrogens with one attached hydrogen (secondary N) is 1. The fourth-order valence-corrected chi connectivity index (χ4v) is 3.54. The van der Waals surface area contributed by atoms with E-state index in [1.807, 2.05) is 30.3 Å². The van der Waals surface area contributed by atoms with Crippen molar-refractivity contribution in [2.75, 3.05) is 0 Å². The maximum absolute atomic E-state index is 13.0. The number of rotatable bonds is 7. The number of halogens is 1. The maximum atomic E-state index is 13.0. The average molecular weight is 431 g/mol. The predicted molar refractivity (Wildman–Crippen MR) is 117 cm³/mol. The molecule has 1 aromatic heterocycles. The zero-order chi connectivity index (χ0) is 21.5. The standard InChI is InChI=1S/C24H18FN3O2S/c25-19-10-6-17(7-11-19)16-28-22(29)18-8-12-20(13-9-18)30-23-24(27-15-14-26-23)31-21-4-2-1-3-5-21/h1-15H,16H2,(H,28,29). The minimum atomic E-state index is -0.306. The van der Waals surface area contributed by atoms with Crippen molar-refractivity contribution in [3.05, 3.63) is 108 Å². The van der Waals surface area contributed by atoms with Gasteiger partial charge in [-0.05, 0) is 54.1 Å². The van der Waals surface area contributed by atoms with Gasteiger partial charge in [0.25, 0.3) is 11.8 Å². The van der Waals surface area contributed by atoms with E-state index < -0.39 is 0 Å². The van der Waals surface area contributed by atoms with E-state index in [0.29, 0.717) is 28.8 Å². The van der Waals surface area contributed by atoms with Gasteiger partial charge in [0.05, 0.1) is 0 Å². The van der Waals surface area contributed by atoms with E-state index in [2.05, 4.69) is 15.3 Å². The van der Waals surface area contributed by atoms with Crippen LogP contribution in [0.3, 0.4) is 0 Å².